The minimum atomic E-state index is 0.777. The van der Waals surface area contributed by atoms with Crippen molar-refractivity contribution in [2.75, 3.05) is 0 Å². The molecule has 66 valence electrons. The quantitative estimate of drug-likeness (QED) is 0.625. The molecule has 0 amide bonds. The van der Waals surface area contributed by atoms with E-state index in [1.54, 1.807) is 6.20 Å². The van der Waals surface area contributed by atoms with Crippen molar-refractivity contribution >= 4 is 22.6 Å². The van der Waals surface area contributed by atoms with E-state index in [1.165, 1.54) is 0 Å². The molecule has 0 aliphatic carbocycles. The summed E-state index contributed by atoms with van der Waals surface area (Å²) in [5, 5.41) is 0. The van der Waals surface area contributed by atoms with Gasteiger partial charge in [-0.1, -0.05) is 52.9 Å². The number of alkyl halides is 1. The molecule has 0 bridgehead atoms. The average molecular weight is 285 g/mol. The van der Waals surface area contributed by atoms with Crippen LogP contribution in [0.4, 0.5) is 0 Å². The summed E-state index contributed by atoms with van der Waals surface area (Å²) in [6.45, 7) is 0. The largest absolute Gasteiger partial charge is 0.440 e. The van der Waals surface area contributed by atoms with Gasteiger partial charge in [-0.25, -0.2) is 4.98 Å². The Kier molecular flexibility index (Phi) is 2.63. The molecule has 13 heavy (non-hydrogen) atoms. The first-order valence-electron chi connectivity index (χ1n) is 3.96. The van der Waals surface area contributed by atoms with Crippen molar-refractivity contribution in [1.29, 1.82) is 0 Å². The molecule has 0 atom stereocenters. The van der Waals surface area contributed by atoms with Gasteiger partial charge in [-0.05, 0) is 0 Å². The van der Waals surface area contributed by atoms with Crippen LogP contribution >= 0.6 is 22.6 Å². The molecule has 1 aromatic carbocycles. The Morgan fingerprint density at radius 1 is 1.23 bits per heavy atom. The van der Waals surface area contributed by atoms with Gasteiger partial charge in [-0.15, -0.1) is 0 Å². The minimum Gasteiger partial charge on any atom is -0.440 e. The third kappa shape index (κ3) is 1.91. The van der Waals surface area contributed by atoms with Gasteiger partial charge < -0.3 is 4.42 Å². The smallest absolute Gasteiger partial charge is 0.204 e. The third-order valence-electron chi connectivity index (χ3n) is 1.73. The van der Waals surface area contributed by atoms with Crippen molar-refractivity contribution in [3.63, 3.8) is 0 Å². The fourth-order valence-electron chi connectivity index (χ4n) is 1.11. The van der Waals surface area contributed by atoms with Crippen LogP contribution in [-0.2, 0) is 4.43 Å². The Bertz CT molecular complexity index is 383. The van der Waals surface area contributed by atoms with Gasteiger partial charge in [-0.3, -0.25) is 0 Å². The molecule has 0 N–H and O–H groups in total. The van der Waals surface area contributed by atoms with Gasteiger partial charge in [0.1, 0.15) is 0 Å². The molecule has 0 radical (unpaired) electrons. The Hall–Kier alpha value is -0.840. The first-order chi connectivity index (χ1) is 6.40. The van der Waals surface area contributed by atoms with Crippen LogP contribution in [0.5, 0.6) is 0 Å². The molecule has 1 heterocycles. The molecule has 0 unspecified atom stereocenters. The highest BCUT2D eigenvalue weighted by Gasteiger charge is 2.03. The average Bonchev–Trinajstić information content (AvgIpc) is 2.67. The SMILES string of the molecule is ICc1ncc(-c2ccccc2)o1. The zero-order chi connectivity index (χ0) is 9.10. The highest BCUT2D eigenvalue weighted by molar-refractivity contribution is 14.1. The predicted molar refractivity (Wildman–Crippen MR) is 59.7 cm³/mol. The molecule has 0 aliphatic heterocycles. The van der Waals surface area contributed by atoms with Gasteiger partial charge in [0.25, 0.3) is 0 Å². The second-order valence-electron chi connectivity index (χ2n) is 2.62. The molecular formula is C10H8INO. The van der Waals surface area contributed by atoms with Gasteiger partial charge in [0, 0.05) is 5.56 Å². The minimum absolute atomic E-state index is 0.777. The lowest BCUT2D eigenvalue weighted by Gasteiger charge is -1.92. The van der Waals surface area contributed by atoms with Gasteiger partial charge in [0.15, 0.2) is 5.76 Å². The van der Waals surface area contributed by atoms with E-state index in [-0.39, 0.29) is 0 Å². The molecule has 2 rings (SSSR count). The van der Waals surface area contributed by atoms with Crippen LogP contribution in [-0.4, -0.2) is 4.98 Å². The molecule has 1 aromatic heterocycles. The summed E-state index contributed by atoms with van der Waals surface area (Å²) in [7, 11) is 0. The van der Waals surface area contributed by atoms with Crippen LogP contribution in [0.3, 0.4) is 0 Å². The fourth-order valence-corrected chi connectivity index (χ4v) is 1.46. The van der Waals surface area contributed by atoms with Crippen LogP contribution in [0.2, 0.25) is 0 Å². The van der Waals surface area contributed by atoms with Crippen LogP contribution in [0.25, 0.3) is 11.3 Å². The maximum Gasteiger partial charge on any atom is 0.204 e. The number of halogens is 1. The molecule has 2 aromatic rings. The maximum atomic E-state index is 5.50. The van der Waals surface area contributed by atoms with Gasteiger partial charge >= 0.3 is 0 Å². The number of hydrogen-bond acceptors (Lipinski definition) is 2. The lowest BCUT2D eigenvalue weighted by molar-refractivity contribution is 0.533. The van der Waals surface area contributed by atoms with Crippen molar-refractivity contribution < 1.29 is 4.42 Å². The lowest BCUT2D eigenvalue weighted by Crippen LogP contribution is -1.71. The van der Waals surface area contributed by atoms with Crippen molar-refractivity contribution in [2.45, 2.75) is 4.43 Å². The van der Waals surface area contributed by atoms with Crippen LogP contribution in [0.1, 0.15) is 5.89 Å². The van der Waals surface area contributed by atoms with E-state index in [0.29, 0.717) is 0 Å². The predicted octanol–water partition coefficient (Wildman–Crippen LogP) is 3.28. The lowest BCUT2D eigenvalue weighted by atomic mass is 10.2. The highest BCUT2D eigenvalue weighted by Crippen LogP contribution is 2.20. The summed E-state index contributed by atoms with van der Waals surface area (Å²) < 4.78 is 6.31. The van der Waals surface area contributed by atoms with Crippen molar-refractivity contribution in [3.05, 3.63) is 42.4 Å². The molecular weight excluding hydrogens is 277 g/mol. The Balaban J connectivity index is 2.36. The summed E-state index contributed by atoms with van der Waals surface area (Å²) in [6.07, 6.45) is 1.77. The van der Waals surface area contributed by atoms with Crippen molar-refractivity contribution in [3.8, 4) is 11.3 Å². The van der Waals surface area contributed by atoms with E-state index in [4.69, 9.17) is 4.42 Å². The highest BCUT2D eigenvalue weighted by atomic mass is 127. The number of oxazole rings is 1. The fraction of sp³-hybridized carbons (Fsp3) is 0.100. The zero-order valence-electron chi connectivity index (χ0n) is 6.90. The first-order valence-corrected chi connectivity index (χ1v) is 5.49. The Labute approximate surface area is 90.1 Å². The van der Waals surface area contributed by atoms with E-state index in [0.717, 1.165) is 21.6 Å². The standard InChI is InChI=1S/C10H8INO/c11-6-10-12-7-9(13-10)8-4-2-1-3-5-8/h1-5,7H,6H2. The van der Waals surface area contributed by atoms with Crippen molar-refractivity contribution in [1.82, 2.24) is 4.98 Å². The van der Waals surface area contributed by atoms with Gasteiger partial charge in [0.05, 0.1) is 10.6 Å². The van der Waals surface area contributed by atoms with Gasteiger partial charge in [-0.2, -0.15) is 0 Å². The normalized spacial score (nSPS) is 10.2. The van der Waals surface area contributed by atoms with Crippen LogP contribution in [0, 0.1) is 0 Å². The molecule has 0 saturated heterocycles. The summed E-state index contributed by atoms with van der Waals surface area (Å²) in [6, 6.07) is 9.98. The van der Waals surface area contributed by atoms with E-state index >= 15 is 0 Å². The van der Waals surface area contributed by atoms with E-state index in [2.05, 4.69) is 27.6 Å². The van der Waals surface area contributed by atoms with E-state index in [9.17, 15) is 0 Å². The Morgan fingerprint density at radius 2 is 2.00 bits per heavy atom. The summed E-state index contributed by atoms with van der Waals surface area (Å²) in [5.41, 5.74) is 1.08. The number of rotatable bonds is 2. The Morgan fingerprint density at radius 3 is 2.62 bits per heavy atom. The number of benzene rings is 1. The number of hydrogen-bond donors (Lipinski definition) is 0. The van der Waals surface area contributed by atoms with E-state index in [1.807, 2.05) is 30.3 Å². The summed E-state index contributed by atoms with van der Waals surface area (Å²) in [4.78, 5) is 4.14. The van der Waals surface area contributed by atoms with E-state index < -0.39 is 0 Å². The molecule has 0 aliphatic rings. The molecule has 0 saturated carbocycles. The summed E-state index contributed by atoms with van der Waals surface area (Å²) >= 11 is 2.23. The third-order valence-corrected chi connectivity index (χ3v) is 2.38. The zero-order valence-corrected chi connectivity index (χ0v) is 9.06. The second kappa shape index (κ2) is 3.91. The second-order valence-corrected chi connectivity index (χ2v) is 3.38. The maximum absolute atomic E-state index is 5.50. The first kappa shape index (κ1) is 8.74. The monoisotopic (exact) mass is 285 g/mol. The van der Waals surface area contributed by atoms with Crippen molar-refractivity contribution in [2.24, 2.45) is 0 Å². The molecule has 3 heteroatoms. The molecule has 2 nitrogen and oxygen atoms in total. The van der Waals surface area contributed by atoms with Gasteiger partial charge in [0.2, 0.25) is 5.89 Å². The number of nitrogens with zero attached hydrogens (tertiary/aromatic N) is 1. The van der Waals surface area contributed by atoms with Crippen LogP contribution < -0.4 is 0 Å². The van der Waals surface area contributed by atoms with Crippen LogP contribution in [0.15, 0.2) is 40.9 Å². The molecule has 0 spiro atoms. The topological polar surface area (TPSA) is 26.0 Å². The number of aromatic nitrogens is 1. The summed E-state index contributed by atoms with van der Waals surface area (Å²) in [5.74, 6) is 1.62. The molecule has 0 fully saturated rings.